The minimum Gasteiger partial charge on any atom is -0.380 e. The van der Waals surface area contributed by atoms with E-state index in [0.29, 0.717) is 6.61 Å². The second kappa shape index (κ2) is 5.83. The van der Waals surface area contributed by atoms with E-state index in [9.17, 15) is 13.2 Å². The number of hydrogen-bond acceptors (Lipinski definition) is 3. The first-order valence-electron chi connectivity index (χ1n) is 4.78. The van der Waals surface area contributed by atoms with Gasteiger partial charge < -0.3 is 4.74 Å². The maximum Gasteiger partial charge on any atom is 0.194 e. The third-order valence-electron chi connectivity index (χ3n) is 2.10. The second-order valence-corrected chi connectivity index (χ2v) is 3.18. The first-order valence-corrected chi connectivity index (χ1v) is 4.78. The Bertz CT molecular complexity index is 337. The molecule has 1 unspecified atom stereocenters. The molecule has 0 heterocycles. The predicted molar refractivity (Wildman–Crippen MR) is 52.9 cm³/mol. The SMILES string of the molecule is CCOCC(NN)c1cc(F)c(F)c(F)c1. The van der Waals surface area contributed by atoms with Crippen molar-refractivity contribution in [1.82, 2.24) is 5.43 Å². The van der Waals surface area contributed by atoms with E-state index < -0.39 is 23.5 Å². The Morgan fingerprint density at radius 3 is 2.31 bits per heavy atom. The van der Waals surface area contributed by atoms with E-state index in [1.165, 1.54) is 0 Å². The summed E-state index contributed by atoms with van der Waals surface area (Å²) >= 11 is 0. The maximum absolute atomic E-state index is 12.9. The fourth-order valence-electron chi connectivity index (χ4n) is 1.25. The molecule has 0 aliphatic rings. The van der Waals surface area contributed by atoms with E-state index in [1.807, 2.05) is 0 Å². The topological polar surface area (TPSA) is 47.3 Å². The molecule has 0 aliphatic carbocycles. The minimum absolute atomic E-state index is 0.150. The van der Waals surface area contributed by atoms with Crippen LogP contribution in [-0.2, 0) is 4.74 Å². The lowest BCUT2D eigenvalue weighted by atomic mass is 10.1. The summed E-state index contributed by atoms with van der Waals surface area (Å²) in [5, 5.41) is 0. The first-order chi connectivity index (χ1) is 7.60. The van der Waals surface area contributed by atoms with Gasteiger partial charge >= 0.3 is 0 Å². The van der Waals surface area contributed by atoms with Crippen LogP contribution in [0.3, 0.4) is 0 Å². The van der Waals surface area contributed by atoms with Crippen LogP contribution in [0.25, 0.3) is 0 Å². The molecular weight excluding hydrogens is 221 g/mol. The summed E-state index contributed by atoms with van der Waals surface area (Å²) in [7, 11) is 0. The van der Waals surface area contributed by atoms with Gasteiger partial charge in [0.05, 0.1) is 12.6 Å². The quantitative estimate of drug-likeness (QED) is 0.462. The monoisotopic (exact) mass is 234 g/mol. The highest BCUT2D eigenvalue weighted by Crippen LogP contribution is 2.19. The Kier molecular flexibility index (Phi) is 4.72. The van der Waals surface area contributed by atoms with Crippen molar-refractivity contribution in [2.45, 2.75) is 13.0 Å². The highest BCUT2D eigenvalue weighted by Gasteiger charge is 2.16. The van der Waals surface area contributed by atoms with Gasteiger partial charge in [0, 0.05) is 6.61 Å². The molecule has 0 spiro atoms. The third kappa shape index (κ3) is 2.94. The van der Waals surface area contributed by atoms with Crippen molar-refractivity contribution in [3.05, 3.63) is 35.1 Å². The van der Waals surface area contributed by atoms with Crippen LogP contribution in [0.5, 0.6) is 0 Å². The molecule has 1 aromatic carbocycles. The fourth-order valence-corrected chi connectivity index (χ4v) is 1.25. The van der Waals surface area contributed by atoms with E-state index in [-0.39, 0.29) is 12.2 Å². The van der Waals surface area contributed by atoms with E-state index in [2.05, 4.69) is 5.43 Å². The lowest BCUT2D eigenvalue weighted by Crippen LogP contribution is -2.31. The number of rotatable bonds is 5. The molecule has 0 aliphatic heterocycles. The summed E-state index contributed by atoms with van der Waals surface area (Å²) in [6.45, 7) is 2.38. The van der Waals surface area contributed by atoms with Crippen molar-refractivity contribution in [3.8, 4) is 0 Å². The smallest absolute Gasteiger partial charge is 0.194 e. The van der Waals surface area contributed by atoms with Crippen molar-refractivity contribution < 1.29 is 17.9 Å². The summed E-state index contributed by atoms with van der Waals surface area (Å²) in [5.74, 6) is 1.24. The molecule has 3 nitrogen and oxygen atoms in total. The zero-order valence-corrected chi connectivity index (χ0v) is 8.77. The van der Waals surface area contributed by atoms with Gasteiger partial charge in [-0.2, -0.15) is 0 Å². The van der Waals surface area contributed by atoms with Gasteiger partial charge in [0.1, 0.15) is 0 Å². The molecule has 90 valence electrons. The van der Waals surface area contributed by atoms with Crippen LogP contribution in [0.15, 0.2) is 12.1 Å². The molecule has 0 fully saturated rings. The van der Waals surface area contributed by atoms with Crippen molar-refractivity contribution in [2.75, 3.05) is 13.2 Å². The van der Waals surface area contributed by atoms with Gasteiger partial charge in [0.2, 0.25) is 0 Å². The molecular formula is C10H13F3N2O. The lowest BCUT2D eigenvalue weighted by molar-refractivity contribution is 0.123. The Labute approximate surface area is 91.4 Å². The standard InChI is InChI=1S/C10H13F3N2O/c1-2-16-5-9(15-14)6-3-7(11)10(13)8(12)4-6/h3-4,9,15H,2,5,14H2,1H3. The molecule has 0 bridgehead atoms. The van der Waals surface area contributed by atoms with Crippen LogP contribution in [0.4, 0.5) is 13.2 Å². The van der Waals surface area contributed by atoms with Crippen LogP contribution in [-0.4, -0.2) is 13.2 Å². The maximum atomic E-state index is 12.9. The molecule has 1 aromatic rings. The zero-order valence-electron chi connectivity index (χ0n) is 8.77. The molecule has 1 rings (SSSR count). The highest BCUT2D eigenvalue weighted by atomic mass is 19.2. The van der Waals surface area contributed by atoms with Gasteiger partial charge in [-0.25, -0.2) is 13.2 Å². The van der Waals surface area contributed by atoms with Crippen molar-refractivity contribution in [2.24, 2.45) is 5.84 Å². The van der Waals surface area contributed by atoms with Crippen LogP contribution in [0, 0.1) is 17.5 Å². The molecule has 0 amide bonds. The predicted octanol–water partition coefficient (Wildman–Crippen LogP) is 1.64. The Morgan fingerprint density at radius 2 is 1.88 bits per heavy atom. The molecule has 0 saturated carbocycles. The van der Waals surface area contributed by atoms with Crippen LogP contribution >= 0.6 is 0 Å². The van der Waals surface area contributed by atoms with Crippen molar-refractivity contribution in [1.29, 1.82) is 0 Å². The Balaban J connectivity index is 2.92. The van der Waals surface area contributed by atoms with Crippen LogP contribution in [0.1, 0.15) is 18.5 Å². The number of benzene rings is 1. The number of halogens is 3. The number of nitrogens with two attached hydrogens (primary N) is 1. The van der Waals surface area contributed by atoms with Gasteiger partial charge in [0.25, 0.3) is 0 Å². The molecule has 16 heavy (non-hydrogen) atoms. The summed E-state index contributed by atoms with van der Waals surface area (Å²) < 4.78 is 43.6. The molecule has 0 radical (unpaired) electrons. The molecule has 0 saturated heterocycles. The van der Waals surface area contributed by atoms with Gasteiger partial charge in [-0.05, 0) is 24.6 Å². The number of ether oxygens (including phenoxy) is 1. The zero-order chi connectivity index (χ0) is 12.1. The number of nitrogens with one attached hydrogen (secondary N) is 1. The van der Waals surface area contributed by atoms with E-state index in [1.54, 1.807) is 6.92 Å². The lowest BCUT2D eigenvalue weighted by Gasteiger charge is -2.16. The largest absolute Gasteiger partial charge is 0.380 e. The summed E-state index contributed by atoms with van der Waals surface area (Å²) in [6.07, 6.45) is 0. The van der Waals surface area contributed by atoms with Gasteiger partial charge in [-0.1, -0.05) is 0 Å². The summed E-state index contributed by atoms with van der Waals surface area (Å²) in [6, 6.07) is 1.20. The average molecular weight is 234 g/mol. The Hall–Kier alpha value is -1.11. The Morgan fingerprint density at radius 1 is 1.31 bits per heavy atom. The average Bonchev–Trinajstić information content (AvgIpc) is 2.26. The molecule has 1 atom stereocenters. The van der Waals surface area contributed by atoms with Crippen molar-refractivity contribution in [3.63, 3.8) is 0 Å². The fraction of sp³-hybridized carbons (Fsp3) is 0.400. The summed E-state index contributed by atoms with van der Waals surface area (Å²) in [5.41, 5.74) is 2.55. The number of hydrogen-bond donors (Lipinski definition) is 2. The molecule has 0 aromatic heterocycles. The van der Waals surface area contributed by atoms with Crippen LogP contribution in [0.2, 0.25) is 0 Å². The van der Waals surface area contributed by atoms with Gasteiger partial charge in [0.15, 0.2) is 17.5 Å². The second-order valence-electron chi connectivity index (χ2n) is 3.18. The minimum atomic E-state index is -1.49. The third-order valence-corrected chi connectivity index (χ3v) is 2.10. The van der Waals surface area contributed by atoms with Gasteiger partial charge in [-0.3, -0.25) is 11.3 Å². The van der Waals surface area contributed by atoms with E-state index in [4.69, 9.17) is 10.6 Å². The van der Waals surface area contributed by atoms with E-state index >= 15 is 0 Å². The molecule has 6 heteroatoms. The van der Waals surface area contributed by atoms with Crippen molar-refractivity contribution >= 4 is 0 Å². The number of hydrazine groups is 1. The van der Waals surface area contributed by atoms with E-state index in [0.717, 1.165) is 12.1 Å². The summed E-state index contributed by atoms with van der Waals surface area (Å²) in [4.78, 5) is 0. The highest BCUT2D eigenvalue weighted by molar-refractivity contribution is 5.22. The first kappa shape index (κ1) is 13.0. The normalized spacial score (nSPS) is 12.8. The van der Waals surface area contributed by atoms with Crippen LogP contribution < -0.4 is 11.3 Å². The molecule has 3 N–H and O–H groups in total. The van der Waals surface area contributed by atoms with Gasteiger partial charge in [-0.15, -0.1) is 0 Å².